The molecular formula is C13H10ClNO3S. The van der Waals surface area contributed by atoms with Crippen molar-refractivity contribution in [2.24, 2.45) is 0 Å². The average Bonchev–Trinajstić information content (AvgIpc) is 2.87. The number of benzene rings is 1. The number of methoxy groups -OCH3 is 1. The van der Waals surface area contributed by atoms with Crippen LogP contribution in [0.15, 0.2) is 36.4 Å². The Kier molecular flexibility index (Phi) is 4.19. The molecule has 1 heterocycles. The number of ether oxygens (including phenoxy) is 1. The minimum Gasteiger partial charge on any atom is -0.465 e. The van der Waals surface area contributed by atoms with Crippen LogP contribution in [0.4, 0.5) is 5.69 Å². The molecule has 2 aromatic rings. The van der Waals surface area contributed by atoms with Gasteiger partial charge in [0, 0.05) is 10.7 Å². The first kappa shape index (κ1) is 13.6. The molecule has 0 aliphatic heterocycles. The lowest BCUT2D eigenvalue weighted by atomic mass is 10.3. The molecule has 0 saturated carbocycles. The zero-order valence-corrected chi connectivity index (χ0v) is 11.5. The van der Waals surface area contributed by atoms with E-state index in [0.29, 0.717) is 20.5 Å². The van der Waals surface area contributed by atoms with Crippen LogP contribution in [-0.2, 0) is 4.74 Å². The first-order valence-corrected chi connectivity index (χ1v) is 6.54. The summed E-state index contributed by atoms with van der Waals surface area (Å²) in [5.41, 5.74) is 0.602. The lowest BCUT2D eigenvalue weighted by molar-refractivity contribution is 0.0606. The van der Waals surface area contributed by atoms with Gasteiger partial charge >= 0.3 is 5.97 Å². The van der Waals surface area contributed by atoms with Crippen molar-refractivity contribution in [2.75, 3.05) is 12.4 Å². The maximum atomic E-state index is 12.0. The Labute approximate surface area is 119 Å². The Morgan fingerprint density at radius 1 is 1.21 bits per heavy atom. The second-order valence-corrected chi connectivity index (χ2v) is 5.14. The number of carbonyl (C=O) groups excluding carboxylic acids is 2. The Morgan fingerprint density at radius 3 is 2.63 bits per heavy atom. The van der Waals surface area contributed by atoms with Crippen molar-refractivity contribution in [3.05, 3.63) is 51.2 Å². The molecule has 1 amide bonds. The lowest BCUT2D eigenvalue weighted by Gasteiger charge is -2.03. The Hall–Kier alpha value is -1.85. The number of thiophene rings is 1. The van der Waals surface area contributed by atoms with E-state index in [1.54, 1.807) is 36.4 Å². The second-order valence-electron chi connectivity index (χ2n) is 3.62. The largest absolute Gasteiger partial charge is 0.465 e. The summed E-state index contributed by atoms with van der Waals surface area (Å²) in [5, 5.41) is 3.25. The van der Waals surface area contributed by atoms with Crippen molar-refractivity contribution >= 4 is 40.5 Å². The number of amides is 1. The third-order valence-electron chi connectivity index (χ3n) is 2.30. The maximum Gasteiger partial charge on any atom is 0.348 e. The molecule has 4 nitrogen and oxygen atoms in total. The standard InChI is InChI=1S/C13H10ClNO3S/c1-18-13(17)11-6-5-10(19-11)12(16)15-9-4-2-3-8(14)7-9/h2-7H,1H3,(H,15,16). The predicted molar refractivity (Wildman–Crippen MR) is 75.1 cm³/mol. The van der Waals surface area contributed by atoms with E-state index in [-0.39, 0.29) is 5.91 Å². The summed E-state index contributed by atoms with van der Waals surface area (Å²) in [6.07, 6.45) is 0. The fourth-order valence-electron chi connectivity index (χ4n) is 1.43. The zero-order valence-electron chi connectivity index (χ0n) is 9.98. The van der Waals surface area contributed by atoms with Gasteiger partial charge in [-0.3, -0.25) is 4.79 Å². The van der Waals surface area contributed by atoms with Crippen LogP contribution in [0.5, 0.6) is 0 Å². The molecule has 1 N–H and O–H groups in total. The number of hydrogen-bond donors (Lipinski definition) is 1. The summed E-state index contributed by atoms with van der Waals surface area (Å²) < 4.78 is 4.59. The lowest BCUT2D eigenvalue weighted by Crippen LogP contribution is -2.09. The van der Waals surface area contributed by atoms with E-state index in [1.807, 2.05) is 0 Å². The molecule has 1 aromatic carbocycles. The van der Waals surface area contributed by atoms with Crippen molar-refractivity contribution in [2.45, 2.75) is 0 Å². The molecule has 19 heavy (non-hydrogen) atoms. The number of halogens is 1. The molecule has 0 aliphatic carbocycles. The molecule has 0 bridgehead atoms. The molecule has 0 radical (unpaired) electrons. The Bertz CT molecular complexity index is 624. The highest BCUT2D eigenvalue weighted by molar-refractivity contribution is 7.16. The van der Waals surface area contributed by atoms with Crippen LogP contribution in [0, 0.1) is 0 Å². The van der Waals surface area contributed by atoms with E-state index in [0.717, 1.165) is 11.3 Å². The molecule has 98 valence electrons. The summed E-state index contributed by atoms with van der Waals surface area (Å²) in [4.78, 5) is 24.1. The minimum atomic E-state index is -0.452. The first-order valence-electron chi connectivity index (χ1n) is 5.35. The zero-order chi connectivity index (χ0) is 13.8. The van der Waals surface area contributed by atoms with Gasteiger partial charge in [-0.05, 0) is 30.3 Å². The first-order chi connectivity index (χ1) is 9.10. The van der Waals surface area contributed by atoms with Crippen molar-refractivity contribution in [3.63, 3.8) is 0 Å². The quantitative estimate of drug-likeness (QED) is 0.883. The topological polar surface area (TPSA) is 55.4 Å². The average molecular weight is 296 g/mol. The Morgan fingerprint density at radius 2 is 1.95 bits per heavy atom. The second kappa shape index (κ2) is 5.86. The van der Waals surface area contributed by atoms with Crippen molar-refractivity contribution < 1.29 is 14.3 Å². The number of carbonyl (C=O) groups is 2. The fraction of sp³-hybridized carbons (Fsp3) is 0.0769. The van der Waals surface area contributed by atoms with Gasteiger partial charge in [0.2, 0.25) is 0 Å². The van der Waals surface area contributed by atoms with E-state index in [2.05, 4.69) is 10.1 Å². The number of nitrogens with one attached hydrogen (secondary N) is 1. The highest BCUT2D eigenvalue weighted by Crippen LogP contribution is 2.20. The van der Waals surface area contributed by atoms with Crippen LogP contribution >= 0.6 is 22.9 Å². The highest BCUT2D eigenvalue weighted by Gasteiger charge is 2.14. The van der Waals surface area contributed by atoms with Crippen LogP contribution in [0.25, 0.3) is 0 Å². The van der Waals surface area contributed by atoms with Crippen molar-refractivity contribution in [3.8, 4) is 0 Å². The molecule has 6 heteroatoms. The monoisotopic (exact) mass is 295 g/mol. The van der Waals surface area contributed by atoms with Gasteiger partial charge in [-0.2, -0.15) is 0 Å². The smallest absolute Gasteiger partial charge is 0.348 e. The van der Waals surface area contributed by atoms with Crippen LogP contribution < -0.4 is 5.32 Å². The molecule has 0 fully saturated rings. The van der Waals surface area contributed by atoms with E-state index in [9.17, 15) is 9.59 Å². The van der Waals surface area contributed by atoms with Gasteiger partial charge in [-0.15, -0.1) is 11.3 Å². The van der Waals surface area contributed by atoms with Gasteiger partial charge in [0.15, 0.2) is 0 Å². The van der Waals surface area contributed by atoms with Crippen LogP contribution in [0.2, 0.25) is 5.02 Å². The van der Waals surface area contributed by atoms with Gasteiger partial charge in [0.05, 0.1) is 12.0 Å². The van der Waals surface area contributed by atoms with E-state index < -0.39 is 5.97 Å². The fourth-order valence-corrected chi connectivity index (χ4v) is 2.44. The molecule has 0 spiro atoms. The SMILES string of the molecule is COC(=O)c1ccc(C(=O)Nc2cccc(Cl)c2)s1. The number of anilines is 1. The van der Waals surface area contributed by atoms with Crippen LogP contribution in [-0.4, -0.2) is 19.0 Å². The highest BCUT2D eigenvalue weighted by atomic mass is 35.5. The summed E-state index contributed by atoms with van der Waals surface area (Å²) >= 11 is 6.91. The molecule has 0 aliphatic rings. The summed E-state index contributed by atoms with van der Waals surface area (Å²) in [6.45, 7) is 0. The van der Waals surface area contributed by atoms with Gasteiger partial charge in [-0.25, -0.2) is 4.79 Å². The molecule has 0 atom stereocenters. The van der Waals surface area contributed by atoms with E-state index in [4.69, 9.17) is 11.6 Å². The normalized spacial score (nSPS) is 10.0. The van der Waals surface area contributed by atoms with E-state index >= 15 is 0 Å². The van der Waals surface area contributed by atoms with Crippen molar-refractivity contribution in [1.82, 2.24) is 0 Å². The Balaban J connectivity index is 2.12. The maximum absolute atomic E-state index is 12.0. The third-order valence-corrected chi connectivity index (χ3v) is 3.60. The van der Waals surface area contributed by atoms with Crippen LogP contribution in [0.3, 0.4) is 0 Å². The van der Waals surface area contributed by atoms with Crippen LogP contribution in [0.1, 0.15) is 19.3 Å². The van der Waals surface area contributed by atoms with Gasteiger partial charge in [-0.1, -0.05) is 17.7 Å². The van der Waals surface area contributed by atoms with Gasteiger partial charge in [0.1, 0.15) is 4.88 Å². The number of esters is 1. The molecule has 1 aromatic heterocycles. The van der Waals surface area contributed by atoms with Gasteiger partial charge < -0.3 is 10.1 Å². The van der Waals surface area contributed by atoms with Crippen molar-refractivity contribution in [1.29, 1.82) is 0 Å². The summed E-state index contributed by atoms with van der Waals surface area (Å²) in [5.74, 6) is -0.741. The molecule has 0 unspecified atom stereocenters. The number of hydrogen-bond acceptors (Lipinski definition) is 4. The number of rotatable bonds is 3. The molecule has 0 saturated heterocycles. The third kappa shape index (κ3) is 3.33. The summed E-state index contributed by atoms with van der Waals surface area (Å²) in [7, 11) is 1.30. The molecular weight excluding hydrogens is 286 g/mol. The summed E-state index contributed by atoms with van der Waals surface area (Å²) in [6, 6.07) is 9.98. The molecule has 2 rings (SSSR count). The van der Waals surface area contributed by atoms with Gasteiger partial charge in [0.25, 0.3) is 5.91 Å². The minimum absolute atomic E-state index is 0.289. The van der Waals surface area contributed by atoms with E-state index in [1.165, 1.54) is 7.11 Å². The predicted octanol–water partition coefficient (Wildman–Crippen LogP) is 3.44.